The van der Waals surface area contributed by atoms with Crippen molar-refractivity contribution in [3.8, 4) is 5.75 Å². The van der Waals surface area contributed by atoms with E-state index < -0.39 is 6.10 Å². The summed E-state index contributed by atoms with van der Waals surface area (Å²) in [7, 11) is 0. The lowest BCUT2D eigenvalue weighted by molar-refractivity contribution is -0.128. The minimum Gasteiger partial charge on any atom is -0.479 e. The van der Waals surface area contributed by atoms with Crippen molar-refractivity contribution in [1.29, 1.82) is 0 Å². The van der Waals surface area contributed by atoms with Crippen molar-refractivity contribution in [2.75, 3.05) is 13.1 Å². The molecule has 25 heavy (non-hydrogen) atoms. The van der Waals surface area contributed by atoms with Crippen molar-refractivity contribution >= 4 is 35.0 Å². The molecule has 138 valence electrons. The molecule has 0 bridgehead atoms. The topological polar surface area (TPSA) is 67.4 Å². The molecule has 2 rings (SSSR count). The van der Waals surface area contributed by atoms with E-state index in [2.05, 4.69) is 10.6 Å². The van der Waals surface area contributed by atoms with Gasteiger partial charge in [0.05, 0.1) is 5.02 Å². The van der Waals surface area contributed by atoms with E-state index >= 15 is 0 Å². The van der Waals surface area contributed by atoms with Crippen LogP contribution in [0.25, 0.3) is 0 Å². The molecule has 1 saturated carbocycles. The number of hydrogen-bond donors (Lipinski definition) is 2. The summed E-state index contributed by atoms with van der Waals surface area (Å²) >= 11 is 11.9. The molecule has 0 saturated heterocycles. The van der Waals surface area contributed by atoms with Crippen molar-refractivity contribution in [2.45, 2.75) is 45.1 Å². The van der Waals surface area contributed by atoms with Crippen molar-refractivity contribution in [3.63, 3.8) is 0 Å². The van der Waals surface area contributed by atoms with Gasteiger partial charge in [-0.25, -0.2) is 0 Å². The summed E-state index contributed by atoms with van der Waals surface area (Å²) in [6.07, 6.45) is 4.69. The molecule has 1 fully saturated rings. The summed E-state index contributed by atoms with van der Waals surface area (Å²) < 4.78 is 5.55. The maximum atomic E-state index is 12.1. The van der Waals surface area contributed by atoms with Crippen LogP contribution in [0.3, 0.4) is 0 Å². The molecule has 1 aliphatic carbocycles. The Balaban J connectivity index is 1.68. The first-order chi connectivity index (χ1) is 12.0. The second-order valence-electron chi connectivity index (χ2n) is 6.25. The Bertz CT molecular complexity index is 604. The number of amides is 2. The highest BCUT2D eigenvalue weighted by Crippen LogP contribution is 2.28. The summed E-state index contributed by atoms with van der Waals surface area (Å²) in [5.74, 6) is 0.349. The van der Waals surface area contributed by atoms with Crippen molar-refractivity contribution in [1.82, 2.24) is 10.6 Å². The van der Waals surface area contributed by atoms with Crippen LogP contribution in [0.2, 0.25) is 10.0 Å². The minimum atomic E-state index is -0.701. The number of carbonyl (C=O) groups is 2. The van der Waals surface area contributed by atoms with Crippen LogP contribution < -0.4 is 15.4 Å². The monoisotopic (exact) mass is 386 g/mol. The van der Waals surface area contributed by atoms with Gasteiger partial charge in [-0.2, -0.15) is 0 Å². The van der Waals surface area contributed by atoms with E-state index in [1.54, 1.807) is 25.1 Å². The highest BCUT2D eigenvalue weighted by atomic mass is 35.5. The zero-order valence-corrected chi connectivity index (χ0v) is 15.8. The number of halogens is 2. The van der Waals surface area contributed by atoms with Gasteiger partial charge in [-0.05, 0) is 38.0 Å². The first-order valence-electron chi connectivity index (χ1n) is 8.64. The molecule has 2 N–H and O–H groups in total. The molecule has 1 aromatic rings. The lowest BCUT2D eigenvalue weighted by Gasteiger charge is -2.21. The number of benzene rings is 1. The molecule has 1 unspecified atom stereocenters. The fraction of sp³-hybridized carbons (Fsp3) is 0.556. The molecule has 1 aromatic carbocycles. The molecule has 0 radical (unpaired) electrons. The average molecular weight is 387 g/mol. The van der Waals surface area contributed by atoms with E-state index in [0.29, 0.717) is 28.9 Å². The van der Waals surface area contributed by atoms with Crippen molar-refractivity contribution < 1.29 is 14.3 Å². The standard InChI is InChI=1S/C18H24Cl2N2O3/c1-12(25-16-8-7-14(19)11-15(16)20)17(23)21-9-10-22-18(24)13-5-3-2-4-6-13/h7-8,11-13H,2-6,9-10H2,1H3,(H,21,23)(H,22,24). The van der Waals surface area contributed by atoms with Crippen molar-refractivity contribution in [3.05, 3.63) is 28.2 Å². The average Bonchev–Trinajstić information content (AvgIpc) is 2.61. The van der Waals surface area contributed by atoms with Gasteiger partial charge < -0.3 is 15.4 Å². The summed E-state index contributed by atoms with van der Waals surface area (Å²) in [6.45, 7) is 2.41. The van der Waals surface area contributed by atoms with Crippen LogP contribution >= 0.6 is 23.2 Å². The molecule has 7 heteroatoms. The van der Waals surface area contributed by atoms with Gasteiger partial charge in [-0.1, -0.05) is 42.5 Å². The van der Waals surface area contributed by atoms with Gasteiger partial charge in [0.15, 0.2) is 6.10 Å². The summed E-state index contributed by atoms with van der Waals surface area (Å²) in [5, 5.41) is 6.48. The summed E-state index contributed by atoms with van der Waals surface area (Å²) in [6, 6.07) is 4.83. The summed E-state index contributed by atoms with van der Waals surface area (Å²) in [5.41, 5.74) is 0. The highest BCUT2D eigenvalue weighted by molar-refractivity contribution is 6.35. The number of hydrogen-bond acceptors (Lipinski definition) is 3. The van der Waals surface area contributed by atoms with Gasteiger partial charge in [0.1, 0.15) is 5.75 Å². The fourth-order valence-electron chi connectivity index (χ4n) is 2.84. The molecule has 5 nitrogen and oxygen atoms in total. The normalized spacial score (nSPS) is 16.1. The third-order valence-electron chi connectivity index (χ3n) is 4.27. The molecule has 1 atom stereocenters. The second kappa shape index (κ2) is 9.88. The quantitative estimate of drug-likeness (QED) is 0.703. The zero-order chi connectivity index (χ0) is 18.2. The number of carbonyl (C=O) groups excluding carboxylic acids is 2. The predicted molar refractivity (Wildman–Crippen MR) is 99.1 cm³/mol. The number of ether oxygens (including phenoxy) is 1. The Hall–Kier alpha value is -1.46. The smallest absolute Gasteiger partial charge is 0.260 e. The zero-order valence-electron chi connectivity index (χ0n) is 14.3. The maximum Gasteiger partial charge on any atom is 0.260 e. The van der Waals surface area contributed by atoms with Crippen LogP contribution in [0, 0.1) is 5.92 Å². The van der Waals surface area contributed by atoms with Gasteiger partial charge >= 0.3 is 0 Å². The van der Waals surface area contributed by atoms with Crippen LogP contribution in [-0.2, 0) is 9.59 Å². The molecular weight excluding hydrogens is 363 g/mol. The third kappa shape index (κ3) is 6.40. The Morgan fingerprint density at radius 3 is 2.52 bits per heavy atom. The molecule has 0 heterocycles. The molecule has 0 aromatic heterocycles. The van der Waals surface area contributed by atoms with E-state index in [-0.39, 0.29) is 17.7 Å². The van der Waals surface area contributed by atoms with Crippen LogP contribution in [0.15, 0.2) is 18.2 Å². The van der Waals surface area contributed by atoms with E-state index in [4.69, 9.17) is 27.9 Å². The Morgan fingerprint density at radius 1 is 1.16 bits per heavy atom. The van der Waals surface area contributed by atoms with Crippen LogP contribution in [0.4, 0.5) is 0 Å². The first kappa shape index (κ1) is 19.9. The Kier molecular flexibility index (Phi) is 7.85. The van der Waals surface area contributed by atoms with E-state index in [1.807, 2.05) is 0 Å². The Morgan fingerprint density at radius 2 is 1.84 bits per heavy atom. The van der Waals surface area contributed by atoms with E-state index in [9.17, 15) is 9.59 Å². The molecule has 2 amide bonds. The molecule has 0 aliphatic heterocycles. The second-order valence-corrected chi connectivity index (χ2v) is 7.10. The summed E-state index contributed by atoms with van der Waals surface area (Å²) in [4.78, 5) is 24.1. The van der Waals surface area contributed by atoms with Crippen LogP contribution in [-0.4, -0.2) is 31.0 Å². The van der Waals surface area contributed by atoms with Gasteiger partial charge in [-0.3, -0.25) is 9.59 Å². The lowest BCUT2D eigenvalue weighted by Crippen LogP contribution is -2.42. The fourth-order valence-corrected chi connectivity index (χ4v) is 3.29. The van der Waals surface area contributed by atoms with Gasteiger partial charge in [0.2, 0.25) is 5.91 Å². The molecule has 0 spiro atoms. The Labute approximate surface area is 158 Å². The van der Waals surface area contributed by atoms with Gasteiger partial charge in [0, 0.05) is 24.0 Å². The molecule has 1 aliphatic rings. The maximum absolute atomic E-state index is 12.1. The van der Waals surface area contributed by atoms with E-state index in [1.165, 1.54) is 6.42 Å². The number of nitrogens with one attached hydrogen (secondary N) is 2. The number of rotatable bonds is 7. The predicted octanol–water partition coefficient (Wildman–Crippen LogP) is 3.57. The van der Waals surface area contributed by atoms with Gasteiger partial charge in [0.25, 0.3) is 5.91 Å². The lowest BCUT2D eigenvalue weighted by atomic mass is 9.89. The van der Waals surface area contributed by atoms with Gasteiger partial charge in [-0.15, -0.1) is 0 Å². The molecular formula is C18H24Cl2N2O3. The third-order valence-corrected chi connectivity index (χ3v) is 4.80. The highest BCUT2D eigenvalue weighted by Gasteiger charge is 2.21. The van der Waals surface area contributed by atoms with Crippen molar-refractivity contribution in [2.24, 2.45) is 5.92 Å². The van der Waals surface area contributed by atoms with E-state index in [0.717, 1.165) is 25.7 Å². The minimum absolute atomic E-state index is 0.0891. The first-order valence-corrected chi connectivity index (χ1v) is 9.40. The van der Waals surface area contributed by atoms with Crippen LogP contribution in [0.5, 0.6) is 5.75 Å². The SMILES string of the molecule is CC(Oc1ccc(Cl)cc1Cl)C(=O)NCCNC(=O)C1CCCCC1. The van der Waals surface area contributed by atoms with Crippen LogP contribution in [0.1, 0.15) is 39.0 Å². The largest absolute Gasteiger partial charge is 0.479 e.